The van der Waals surface area contributed by atoms with Gasteiger partial charge in [-0.1, -0.05) is 35.9 Å². The van der Waals surface area contributed by atoms with Gasteiger partial charge in [-0.25, -0.2) is 18.5 Å². The lowest BCUT2D eigenvalue weighted by molar-refractivity contribution is 0.597. The summed E-state index contributed by atoms with van der Waals surface area (Å²) in [6, 6.07) is 10.8. The molecule has 4 aromatic rings. The van der Waals surface area contributed by atoms with Crippen molar-refractivity contribution in [1.82, 2.24) is 14.5 Å². The number of aromatic amines is 1. The van der Waals surface area contributed by atoms with Crippen LogP contribution in [0.4, 0.5) is 0 Å². The van der Waals surface area contributed by atoms with Crippen molar-refractivity contribution >= 4 is 32.5 Å². The van der Waals surface area contributed by atoms with E-state index in [1.165, 1.54) is 0 Å². The minimum absolute atomic E-state index is 0.0931. The predicted octanol–water partition coefficient (Wildman–Crippen LogP) is 3.97. The van der Waals surface area contributed by atoms with Crippen LogP contribution < -0.4 is 5.14 Å². The molecule has 6 nitrogen and oxygen atoms in total. The van der Waals surface area contributed by atoms with E-state index in [0.29, 0.717) is 5.02 Å². The molecule has 8 heteroatoms. The topological polar surface area (TPSA) is 93.8 Å². The number of hydrogen-bond donors (Lipinski definition) is 2. The maximum atomic E-state index is 11.9. The lowest BCUT2D eigenvalue weighted by atomic mass is 9.95. The van der Waals surface area contributed by atoms with E-state index >= 15 is 0 Å². The van der Waals surface area contributed by atoms with Crippen LogP contribution in [0.2, 0.25) is 5.02 Å². The van der Waals surface area contributed by atoms with Crippen LogP contribution in [-0.4, -0.2) is 23.0 Å². The average molecular weight is 415 g/mol. The highest BCUT2D eigenvalue weighted by molar-refractivity contribution is 7.89. The zero-order chi connectivity index (χ0) is 19.7. The quantitative estimate of drug-likeness (QED) is 0.500. The Labute approximate surface area is 168 Å². The molecular weight excluding hydrogens is 396 g/mol. The maximum absolute atomic E-state index is 11.9. The molecule has 2 aromatic carbocycles. The summed E-state index contributed by atoms with van der Waals surface area (Å²) >= 11 is 6.26. The highest BCUT2D eigenvalue weighted by Crippen LogP contribution is 2.35. The number of aromatic nitrogens is 3. The standard InChI is InChI=1S/C20H19ClN4O2S/c21-19-12-24-20-16(4-1-5-17(19)20)18-11-15(28(22,26)27)7-6-14(18)3-2-9-25-10-8-23-13-25/h1,4-8,10-13,24H,2-3,9H2,(H2,22,26,27). The molecule has 0 bridgehead atoms. The smallest absolute Gasteiger partial charge is 0.238 e. The van der Waals surface area contributed by atoms with Crippen LogP contribution >= 0.6 is 11.6 Å². The van der Waals surface area contributed by atoms with E-state index in [0.717, 1.165) is 47.0 Å². The second kappa shape index (κ2) is 7.43. The van der Waals surface area contributed by atoms with Crippen molar-refractivity contribution in [2.45, 2.75) is 24.3 Å². The van der Waals surface area contributed by atoms with Gasteiger partial charge in [0.15, 0.2) is 0 Å². The monoisotopic (exact) mass is 414 g/mol. The van der Waals surface area contributed by atoms with Crippen molar-refractivity contribution in [3.8, 4) is 11.1 Å². The molecule has 0 atom stereocenters. The Bertz CT molecular complexity index is 1230. The molecule has 0 unspecified atom stereocenters. The SMILES string of the molecule is NS(=O)(=O)c1ccc(CCCn2ccnc2)c(-c2cccc3c(Cl)c[nH]c23)c1. The maximum Gasteiger partial charge on any atom is 0.238 e. The van der Waals surface area contributed by atoms with Crippen molar-refractivity contribution in [3.63, 3.8) is 0 Å². The van der Waals surface area contributed by atoms with Crippen molar-refractivity contribution in [2.24, 2.45) is 5.14 Å². The van der Waals surface area contributed by atoms with Gasteiger partial charge in [-0.3, -0.25) is 0 Å². The van der Waals surface area contributed by atoms with Gasteiger partial charge in [-0.05, 0) is 36.1 Å². The van der Waals surface area contributed by atoms with E-state index in [1.807, 2.05) is 35.0 Å². The van der Waals surface area contributed by atoms with Gasteiger partial charge >= 0.3 is 0 Å². The number of para-hydroxylation sites is 1. The number of aryl methyl sites for hydroxylation is 2. The van der Waals surface area contributed by atoms with E-state index in [9.17, 15) is 8.42 Å². The molecule has 2 aromatic heterocycles. The van der Waals surface area contributed by atoms with Crippen molar-refractivity contribution in [3.05, 3.63) is 71.9 Å². The number of sulfonamides is 1. The number of H-pyrrole nitrogens is 1. The molecule has 0 spiro atoms. The Morgan fingerprint density at radius 3 is 2.79 bits per heavy atom. The Morgan fingerprint density at radius 2 is 2.04 bits per heavy atom. The summed E-state index contributed by atoms with van der Waals surface area (Å²) < 4.78 is 25.8. The normalized spacial score (nSPS) is 11.9. The number of rotatable bonds is 6. The highest BCUT2D eigenvalue weighted by Gasteiger charge is 2.16. The second-order valence-corrected chi connectivity index (χ2v) is 8.60. The van der Waals surface area contributed by atoms with Gasteiger partial charge in [-0.2, -0.15) is 0 Å². The van der Waals surface area contributed by atoms with Gasteiger partial charge in [0.25, 0.3) is 0 Å². The lowest BCUT2D eigenvalue weighted by Crippen LogP contribution is -2.12. The highest BCUT2D eigenvalue weighted by atomic mass is 35.5. The van der Waals surface area contributed by atoms with Crippen LogP contribution in [0.3, 0.4) is 0 Å². The fourth-order valence-electron chi connectivity index (χ4n) is 3.42. The summed E-state index contributed by atoms with van der Waals surface area (Å²) in [5.41, 5.74) is 3.65. The number of nitrogens with two attached hydrogens (primary N) is 1. The van der Waals surface area contributed by atoms with Crippen molar-refractivity contribution < 1.29 is 8.42 Å². The van der Waals surface area contributed by atoms with E-state index in [4.69, 9.17) is 16.7 Å². The molecule has 0 aliphatic rings. The number of fused-ring (bicyclic) bond motifs is 1. The first-order valence-electron chi connectivity index (χ1n) is 8.81. The van der Waals surface area contributed by atoms with Crippen molar-refractivity contribution in [1.29, 1.82) is 0 Å². The van der Waals surface area contributed by atoms with Gasteiger partial charge in [0.2, 0.25) is 10.0 Å². The minimum Gasteiger partial charge on any atom is -0.359 e. The predicted molar refractivity (Wildman–Crippen MR) is 111 cm³/mol. The number of imidazole rings is 1. The van der Waals surface area contributed by atoms with Crippen LogP contribution in [-0.2, 0) is 23.0 Å². The number of nitrogens with one attached hydrogen (secondary N) is 1. The van der Waals surface area contributed by atoms with Crippen LogP contribution in [0.1, 0.15) is 12.0 Å². The van der Waals surface area contributed by atoms with Crippen LogP contribution in [0.5, 0.6) is 0 Å². The molecule has 4 rings (SSSR count). The fourth-order valence-corrected chi connectivity index (χ4v) is 4.17. The first kappa shape index (κ1) is 18.7. The lowest BCUT2D eigenvalue weighted by Gasteiger charge is -2.13. The van der Waals surface area contributed by atoms with Crippen LogP contribution in [0, 0.1) is 0 Å². The van der Waals surface area contributed by atoms with Gasteiger partial charge in [0, 0.05) is 36.1 Å². The molecule has 0 saturated heterocycles. The summed E-state index contributed by atoms with van der Waals surface area (Å²) in [5, 5.41) is 6.89. The molecule has 0 amide bonds. The summed E-state index contributed by atoms with van der Waals surface area (Å²) in [7, 11) is -3.80. The minimum atomic E-state index is -3.80. The number of benzene rings is 2. The van der Waals surface area contributed by atoms with E-state index in [2.05, 4.69) is 9.97 Å². The van der Waals surface area contributed by atoms with Gasteiger partial charge in [-0.15, -0.1) is 0 Å². The van der Waals surface area contributed by atoms with E-state index in [1.54, 1.807) is 30.9 Å². The van der Waals surface area contributed by atoms with E-state index < -0.39 is 10.0 Å². The Balaban J connectivity index is 1.77. The first-order chi connectivity index (χ1) is 13.4. The molecule has 0 aliphatic carbocycles. The zero-order valence-electron chi connectivity index (χ0n) is 15.0. The number of primary sulfonamides is 1. The largest absolute Gasteiger partial charge is 0.359 e. The summed E-state index contributed by atoms with van der Waals surface area (Å²) in [5.74, 6) is 0. The molecule has 2 heterocycles. The Morgan fingerprint density at radius 1 is 1.18 bits per heavy atom. The summed E-state index contributed by atoms with van der Waals surface area (Å²) in [6.45, 7) is 0.828. The third-order valence-electron chi connectivity index (χ3n) is 4.79. The molecule has 0 saturated carbocycles. The van der Waals surface area contributed by atoms with Crippen molar-refractivity contribution in [2.75, 3.05) is 0 Å². The average Bonchev–Trinajstić information content (AvgIpc) is 3.31. The molecule has 3 N–H and O–H groups in total. The number of nitrogens with zero attached hydrogens (tertiary/aromatic N) is 2. The fraction of sp³-hybridized carbons (Fsp3) is 0.150. The third kappa shape index (κ3) is 3.69. The second-order valence-electron chi connectivity index (χ2n) is 6.63. The first-order valence-corrected chi connectivity index (χ1v) is 10.7. The molecule has 28 heavy (non-hydrogen) atoms. The molecule has 0 radical (unpaired) electrons. The molecular formula is C20H19ClN4O2S. The zero-order valence-corrected chi connectivity index (χ0v) is 16.5. The van der Waals surface area contributed by atoms with Gasteiger partial charge < -0.3 is 9.55 Å². The van der Waals surface area contributed by atoms with Crippen LogP contribution in [0.25, 0.3) is 22.0 Å². The third-order valence-corrected chi connectivity index (χ3v) is 6.01. The van der Waals surface area contributed by atoms with E-state index in [-0.39, 0.29) is 4.90 Å². The van der Waals surface area contributed by atoms with Gasteiger partial charge in [0.1, 0.15) is 0 Å². The molecule has 0 aliphatic heterocycles. The van der Waals surface area contributed by atoms with Gasteiger partial charge in [0.05, 0.1) is 21.8 Å². The number of hydrogen-bond acceptors (Lipinski definition) is 3. The molecule has 144 valence electrons. The number of halogens is 1. The molecule has 0 fully saturated rings. The Kier molecular flexibility index (Phi) is 4.97. The summed E-state index contributed by atoms with van der Waals surface area (Å²) in [4.78, 5) is 7.34. The Hall–Kier alpha value is -2.61. The van der Waals surface area contributed by atoms with Crippen LogP contribution in [0.15, 0.2) is 66.2 Å². The summed E-state index contributed by atoms with van der Waals surface area (Å²) in [6.07, 6.45) is 8.86.